The van der Waals surface area contributed by atoms with Crippen LogP contribution in [0.4, 0.5) is 5.95 Å². The number of aryl methyl sites for hydroxylation is 1. The summed E-state index contributed by atoms with van der Waals surface area (Å²) in [6.45, 7) is 0. The molecule has 1 aliphatic carbocycles. The molecule has 4 N–H and O–H groups in total. The number of carbonyl (C=O) groups is 2. The molecule has 1 unspecified atom stereocenters. The number of hydrogen-bond acceptors (Lipinski definition) is 5. The summed E-state index contributed by atoms with van der Waals surface area (Å²) < 4.78 is 0. The summed E-state index contributed by atoms with van der Waals surface area (Å²) in [4.78, 5) is 33.5. The first-order valence-electron chi connectivity index (χ1n) is 8.33. The first-order valence-corrected chi connectivity index (χ1v) is 8.33. The van der Waals surface area contributed by atoms with Crippen molar-refractivity contribution >= 4 is 17.8 Å². The van der Waals surface area contributed by atoms with Crippen LogP contribution in [0.3, 0.4) is 0 Å². The summed E-state index contributed by atoms with van der Waals surface area (Å²) in [6, 6.07) is 8.29. The minimum atomic E-state index is -0.797. The number of fused-ring (bicyclic) bond motifs is 1. The average molecular weight is 339 g/mol. The van der Waals surface area contributed by atoms with Crippen LogP contribution in [0.1, 0.15) is 46.2 Å². The molecule has 0 saturated carbocycles. The normalized spacial score (nSPS) is 14.3. The maximum atomic E-state index is 12.8. The Hall–Kier alpha value is -2.96. The average Bonchev–Trinajstić information content (AvgIpc) is 2.65. The van der Waals surface area contributed by atoms with E-state index in [1.807, 2.05) is 18.2 Å². The number of carbonyl (C=O) groups excluding carboxylic acids is 2. The lowest BCUT2D eigenvalue weighted by Gasteiger charge is -2.21. The quantitative estimate of drug-likeness (QED) is 0.774. The van der Waals surface area contributed by atoms with Crippen molar-refractivity contribution in [1.29, 1.82) is 0 Å². The van der Waals surface area contributed by atoms with E-state index in [0.717, 1.165) is 36.9 Å². The molecule has 130 valence electrons. The van der Waals surface area contributed by atoms with Gasteiger partial charge in [-0.15, -0.1) is 0 Å². The smallest absolute Gasteiger partial charge is 0.271 e. The van der Waals surface area contributed by atoms with Gasteiger partial charge in [-0.2, -0.15) is 0 Å². The van der Waals surface area contributed by atoms with Crippen molar-refractivity contribution in [2.45, 2.75) is 31.7 Å². The van der Waals surface area contributed by atoms with Crippen LogP contribution < -0.4 is 16.4 Å². The number of aromatic nitrogens is 2. The molecular formula is C18H21N5O2. The SMILES string of the molecule is CNC(=O)C(NC(=O)c1nc(N)nc2c1CCCC2)c1ccccc1. The number of hydrogen-bond donors (Lipinski definition) is 3. The maximum absolute atomic E-state index is 12.8. The number of rotatable bonds is 4. The van der Waals surface area contributed by atoms with Crippen molar-refractivity contribution in [3.8, 4) is 0 Å². The van der Waals surface area contributed by atoms with E-state index >= 15 is 0 Å². The van der Waals surface area contributed by atoms with E-state index in [2.05, 4.69) is 20.6 Å². The molecule has 7 nitrogen and oxygen atoms in total. The highest BCUT2D eigenvalue weighted by molar-refractivity contribution is 5.97. The minimum Gasteiger partial charge on any atom is -0.368 e. The number of amides is 2. The lowest BCUT2D eigenvalue weighted by Crippen LogP contribution is -2.40. The molecule has 1 aromatic carbocycles. The van der Waals surface area contributed by atoms with Crippen LogP contribution in [0.2, 0.25) is 0 Å². The number of likely N-dealkylation sites (N-methyl/N-ethyl adjacent to an activating group) is 1. The third-order valence-corrected chi connectivity index (χ3v) is 4.33. The lowest BCUT2D eigenvalue weighted by molar-refractivity contribution is -0.122. The fourth-order valence-corrected chi connectivity index (χ4v) is 3.09. The van der Waals surface area contributed by atoms with Crippen LogP contribution in [0.5, 0.6) is 0 Å². The molecule has 1 aromatic heterocycles. The highest BCUT2D eigenvalue weighted by atomic mass is 16.2. The van der Waals surface area contributed by atoms with Crippen LogP contribution in [0.25, 0.3) is 0 Å². The number of nitrogens with two attached hydrogens (primary N) is 1. The predicted molar refractivity (Wildman–Crippen MR) is 93.8 cm³/mol. The summed E-state index contributed by atoms with van der Waals surface area (Å²) in [7, 11) is 1.54. The van der Waals surface area contributed by atoms with Crippen molar-refractivity contribution in [2.75, 3.05) is 12.8 Å². The molecule has 0 fully saturated rings. The molecule has 1 atom stereocenters. The minimum absolute atomic E-state index is 0.0852. The van der Waals surface area contributed by atoms with Crippen molar-refractivity contribution in [3.05, 3.63) is 52.8 Å². The van der Waals surface area contributed by atoms with Crippen LogP contribution in [-0.4, -0.2) is 28.8 Å². The Labute approximate surface area is 146 Å². The standard InChI is InChI=1S/C18H21N5O2/c1-20-16(24)14(11-7-3-2-4-8-11)22-17(25)15-12-9-5-6-10-13(12)21-18(19)23-15/h2-4,7-8,14H,5-6,9-10H2,1H3,(H,20,24)(H,22,25)(H2,19,21,23). The maximum Gasteiger partial charge on any atom is 0.271 e. The molecular weight excluding hydrogens is 318 g/mol. The molecule has 1 aliphatic rings. The molecule has 2 aromatic rings. The van der Waals surface area contributed by atoms with E-state index in [1.54, 1.807) is 12.1 Å². The Morgan fingerprint density at radius 3 is 2.56 bits per heavy atom. The largest absolute Gasteiger partial charge is 0.368 e. The zero-order chi connectivity index (χ0) is 17.8. The second-order valence-electron chi connectivity index (χ2n) is 5.99. The van der Waals surface area contributed by atoms with E-state index in [0.29, 0.717) is 5.56 Å². The van der Waals surface area contributed by atoms with Crippen molar-refractivity contribution in [1.82, 2.24) is 20.6 Å². The van der Waals surface area contributed by atoms with Crippen LogP contribution in [0, 0.1) is 0 Å². The Kier molecular flexibility index (Phi) is 4.92. The molecule has 0 radical (unpaired) electrons. The highest BCUT2D eigenvalue weighted by Gasteiger charge is 2.26. The van der Waals surface area contributed by atoms with E-state index in [9.17, 15) is 9.59 Å². The van der Waals surface area contributed by atoms with Crippen LogP contribution in [0.15, 0.2) is 30.3 Å². The molecule has 0 saturated heterocycles. The van der Waals surface area contributed by atoms with Crippen LogP contribution in [-0.2, 0) is 17.6 Å². The second-order valence-corrected chi connectivity index (χ2v) is 5.99. The van der Waals surface area contributed by atoms with Gasteiger partial charge in [0.1, 0.15) is 11.7 Å². The predicted octanol–water partition coefficient (Wildman–Crippen LogP) is 1.15. The Balaban J connectivity index is 1.92. The number of nitrogen functional groups attached to an aromatic ring is 1. The Bertz CT molecular complexity index is 792. The van der Waals surface area contributed by atoms with Crippen molar-refractivity contribution in [3.63, 3.8) is 0 Å². The third kappa shape index (κ3) is 3.60. The fraction of sp³-hybridized carbons (Fsp3) is 0.333. The number of benzene rings is 1. The molecule has 0 spiro atoms. The molecule has 0 aliphatic heterocycles. The first kappa shape index (κ1) is 16.9. The van der Waals surface area contributed by atoms with Gasteiger partial charge in [-0.3, -0.25) is 9.59 Å². The summed E-state index contributed by atoms with van der Waals surface area (Å²) in [6.07, 6.45) is 3.54. The fourth-order valence-electron chi connectivity index (χ4n) is 3.09. The summed E-state index contributed by atoms with van der Waals surface area (Å²) in [5, 5.41) is 5.36. The van der Waals surface area contributed by atoms with Gasteiger partial charge in [0, 0.05) is 18.3 Å². The zero-order valence-corrected chi connectivity index (χ0v) is 14.1. The molecule has 1 heterocycles. The Morgan fingerprint density at radius 1 is 1.12 bits per heavy atom. The van der Waals surface area contributed by atoms with Gasteiger partial charge in [-0.25, -0.2) is 9.97 Å². The topological polar surface area (TPSA) is 110 Å². The molecule has 2 amide bonds. The number of anilines is 1. The summed E-state index contributed by atoms with van der Waals surface area (Å²) >= 11 is 0. The van der Waals surface area contributed by atoms with Gasteiger partial charge < -0.3 is 16.4 Å². The molecule has 25 heavy (non-hydrogen) atoms. The molecule has 3 rings (SSSR count). The van der Waals surface area contributed by atoms with Gasteiger partial charge in [0.15, 0.2) is 0 Å². The van der Waals surface area contributed by atoms with Crippen molar-refractivity contribution < 1.29 is 9.59 Å². The van der Waals surface area contributed by atoms with E-state index in [-0.39, 0.29) is 17.5 Å². The second kappa shape index (κ2) is 7.29. The number of nitrogens with one attached hydrogen (secondary N) is 2. The number of nitrogens with zero attached hydrogens (tertiary/aromatic N) is 2. The third-order valence-electron chi connectivity index (χ3n) is 4.33. The van der Waals surface area contributed by atoms with E-state index in [4.69, 9.17) is 5.73 Å². The molecule has 7 heteroatoms. The van der Waals surface area contributed by atoms with Gasteiger partial charge in [-0.05, 0) is 31.2 Å². The van der Waals surface area contributed by atoms with E-state index in [1.165, 1.54) is 7.05 Å². The van der Waals surface area contributed by atoms with Gasteiger partial charge in [0.25, 0.3) is 5.91 Å². The summed E-state index contributed by atoms with van der Waals surface area (Å²) in [5.41, 5.74) is 8.41. The first-order chi connectivity index (χ1) is 12.1. The van der Waals surface area contributed by atoms with Crippen LogP contribution >= 0.6 is 0 Å². The Morgan fingerprint density at radius 2 is 1.84 bits per heavy atom. The summed E-state index contributed by atoms with van der Waals surface area (Å²) in [5.74, 6) is -0.623. The lowest BCUT2D eigenvalue weighted by atomic mass is 9.94. The van der Waals surface area contributed by atoms with Gasteiger partial charge >= 0.3 is 0 Å². The highest BCUT2D eigenvalue weighted by Crippen LogP contribution is 2.23. The van der Waals surface area contributed by atoms with E-state index < -0.39 is 11.9 Å². The van der Waals surface area contributed by atoms with Gasteiger partial charge in [-0.1, -0.05) is 30.3 Å². The molecule has 0 bridgehead atoms. The van der Waals surface area contributed by atoms with Gasteiger partial charge in [0.05, 0.1) is 0 Å². The van der Waals surface area contributed by atoms with Crippen molar-refractivity contribution in [2.24, 2.45) is 0 Å². The monoisotopic (exact) mass is 339 g/mol. The zero-order valence-electron chi connectivity index (χ0n) is 14.1. The van der Waals surface area contributed by atoms with Gasteiger partial charge in [0.2, 0.25) is 11.9 Å².